The van der Waals surface area contributed by atoms with E-state index in [2.05, 4.69) is 42.2 Å². The molecule has 1 heterocycles. The Morgan fingerprint density at radius 1 is 1.19 bits per heavy atom. The maximum absolute atomic E-state index is 5.51. The molecule has 0 spiro atoms. The van der Waals surface area contributed by atoms with E-state index in [1.54, 1.807) is 0 Å². The third kappa shape index (κ3) is 2.39. The molecule has 0 fully saturated rings. The maximum atomic E-state index is 5.51. The van der Waals surface area contributed by atoms with Crippen LogP contribution in [0.25, 0.3) is 10.8 Å². The average Bonchev–Trinajstić information content (AvgIpc) is 2.29. The lowest BCUT2D eigenvalue weighted by Crippen LogP contribution is -2.00. The number of pyridine rings is 1. The Balaban J connectivity index is 2.34. The van der Waals surface area contributed by atoms with Crippen molar-refractivity contribution in [2.45, 2.75) is 26.2 Å². The number of aryl methyl sites for hydroxylation is 2. The second-order valence-electron chi connectivity index (χ2n) is 4.18. The largest absolute Gasteiger partial charge is 0.330 e. The Labute approximate surface area is 96.5 Å². The quantitative estimate of drug-likeness (QED) is 0.795. The summed E-state index contributed by atoms with van der Waals surface area (Å²) in [6, 6.07) is 10.6. The number of hydrogen-bond donors (Lipinski definition) is 1. The highest BCUT2D eigenvalue weighted by atomic mass is 14.7. The van der Waals surface area contributed by atoms with E-state index in [0.29, 0.717) is 0 Å². The van der Waals surface area contributed by atoms with E-state index < -0.39 is 0 Å². The zero-order valence-electron chi connectivity index (χ0n) is 9.74. The van der Waals surface area contributed by atoms with Crippen molar-refractivity contribution in [2.75, 3.05) is 6.54 Å². The zero-order chi connectivity index (χ0) is 11.4. The summed E-state index contributed by atoms with van der Waals surface area (Å²) in [4.78, 5) is 4.63. The van der Waals surface area contributed by atoms with E-state index in [-0.39, 0.29) is 0 Å². The van der Waals surface area contributed by atoms with Gasteiger partial charge in [0.15, 0.2) is 0 Å². The predicted molar refractivity (Wildman–Crippen MR) is 68.5 cm³/mol. The Kier molecular flexibility index (Phi) is 3.52. The third-order valence-corrected chi connectivity index (χ3v) is 2.82. The van der Waals surface area contributed by atoms with Crippen LogP contribution in [-0.2, 0) is 6.42 Å². The fraction of sp³-hybridized carbons (Fsp3) is 0.357. The Morgan fingerprint density at radius 2 is 2.00 bits per heavy atom. The Hall–Kier alpha value is -1.41. The van der Waals surface area contributed by atoms with Crippen molar-refractivity contribution in [2.24, 2.45) is 5.73 Å². The van der Waals surface area contributed by atoms with Gasteiger partial charge in [0.05, 0.1) is 0 Å². The highest BCUT2D eigenvalue weighted by Gasteiger charge is 2.03. The van der Waals surface area contributed by atoms with Gasteiger partial charge in [-0.15, -0.1) is 0 Å². The van der Waals surface area contributed by atoms with E-state index in [0.717, 1.165) is 31.5 Å². The summed E-state index contributed by atoms with van der Waals surface area (Å²) in [5, 5.41) is 2.57. The molecule has 2 rings (SSSR count). The van der Waals surface area contributed by atoms with Crippen LogP contribution >= 0.6 is 0 Å². The van der Waals surface area contributed by atoms with Crippen LogP contribution in [0, 0.1) is 6.92 Å². The van der Waals surface area contributed by atoms with Crippen molar-refractivity contribution in [1.82, 2.24) is 4.98 Å². The van der Waals surface area contributed by atoms with E-state index in [1.165, 1.54) is 16.5 Å². The van der Waals surface area contributed by atoms with Crippen molar-refractivity contribution in [3.8, 4) is 0 Å². The van der Waals surface area contributed by atoms with Crippen molar-refractivity contribution < 1.29 is 0 Å². The smallest absolute Gasteiger partial charge is 0.0485 e. The second kappa shape index (κ2) is 5.08. The van der Waals surface area contributed by atoms with Crippen molar-refractivity contribution in [3.05, 3.63) is 41.7 Å². The minimum absolute atomic E-state index is 0.768. The molecule has 0 aliphatic heterocycles. The first-order valence-corrected chi connectivity index (χ1v) is 5.86. The van der Waals surface area contributed by atoms with Gasteiger partial charge in [-0.3, -0.25) is 4.98 Å². The zero-order valence-corrected chi connectivity index (χ0v) is 9.74. The Morgan fingerprint density at radius 3 is 2.81 bits per heavy atom. The van der Waals surface area contributed by atoms with Crippen LogP contribution in [0.4, 0.5) is 0 Å². The number of nitrogens with two attached hydrogens (primary N) is 1. The van der Waals surface area contributed by atoms with Gasteiger partial charge < -0.3 is 5.73 Å². The first-order valence-electron chi connectivity index (χ1n) is 5.86. The number of fused-ring (bicyclic) bond motifs is 1. The molecule has 16 heavy (non-hydrogen) atoms. The van der Waals surface area contributed by atoms with Crippen molar-refractivity contribution in [1.29, 1.82) is 0 Å². The summed E-state index contributed by atoms with van der Waals surface area (Å²) in [6.45, 7) is 2.82. The van der Waals surface area contributed by atoms with Gasteiger partial charge in [0.1, 0.15) is 0 Å². The van der Waals surface area contributed by atoms with Gasteiger partial charge in [0.25, 0.3) is 0 Å². The predicted octanol–water partition coefficient (Wildman–Crippen LogP) is 2.82. The van der Waals surface area contributed by atoms with Gasteiger partial charge in [-0.25, -0.2) is 0 Å². The van der Waals surface area contributed by atoms with Gasteiger partial charge in [-0.2, -0.15) is 0 Å². The molecule has 0 radical (unpaired) electrons. The molecule has 84 valence electrons. The number of hydrogen-bond acceptors (Lipinski definition) is 2. The topological polar surface area (TPSA) is 38.9 Å². The summed E-state index contributed by atoms with van der Waals surface area (Å²) < 4.78 is 0. The molecule has 0 aliphatic rings. The van der Waals surface area contributed by atoms with Crippen molar-refractivity contribution >= 4 is 10.8 Å². The van der Waals surface area contributed by atoms with Crippen LogP contribution < -0.4 is 5.73 Å². The molecule has 0 saturated carbocycles. The summed E-state index contributed by atoms with van der Waals surface area (Å²) in [5.41, 5.74) is 7.83. The van der Waals surface area contributed by atoms with Gasteiger partial charge in [-0.05, 0) is 44.2 Å². The summed E-state index contributed by atoms with van der Waals surface area (Å²) in [7, 11) is 0. The lowest BCUT2D eigenvalue weighted by molar-refractivity contribution is 0.735. The SMILES string of the molecule is Cc1cc2ccccc2c(CCCCN)n1. The average molecular weight is 214 g/mol. The molecule has 2 nitrogen and oxygen atoms in total. The van der Waals surface area contributed by atoms with Gasteiger partial charge in [0.2, 0.25) is 0 Å². The number of nitrogens with zero attached hydrogens (tertiary/aromatic N) is 1. The van der Waals surface area contributed by atoms with Crippen LogP contribution in [-0.4, -0.2) is 11.5 Å². The standard InChI is InChI=1S/C14H18N2/c1-11-10-12-6-2-3-7-13(12)14(16-11)8-4-5-9-15/h2-3,6-7,10H,4-5,8-9,15H2,1H3. The van der Waals surface area contributed by atoms with Crippen LogP contribution in [0.15, 0.2) is 30.3 Å². The van der Waals surface area contributed by atoms with Gasteiger partial charge in [0, 0.05) is 16.8 Å². The summed E-state index contributed by atoms with van der Waals surface area (Å²) in [5.74, 6) is 0. The number of benzene rings is 1. The third-order valence-electron chi connectivity index (χ3n) is 2.82. The number of aromatic nitrogens is 1. The molecule has 0 amide bonds. The first-order chi connectivity index (χ1) is 7.81. The number of unbranched alkanes of at least 4 members (excludes halogenated alkanes) is 1. The van der Waals surface area contributed by atoms with Gasteiger partial charge in [-0.1, -0.05) is 24.3 Å². The molecule has 0 atom stereocenters. The van der Waals surface area contributed by atoms with Crippen LogP contribution in [0.2, 0.25) is 0 Å². The second-order valence-corrected chi connectivity index (χ2v) is 4.18. The highest BCUT2D eigenvalue weighted by Crippen LogP contribution is 2.19. The summed E-state index contributed by atoms with van der Waals surface area (Å²) >= 11 is 0. The van der Waals surface area contributed by atoms with Crippen LogP contribution in [0.5, 0.6) is 0 Å². The highest BCUT2D eigenvalue weighted by molar-refractivity contribution is 5.84. The lowest BCUT2D eigenvalue weighted by atomic mass is 10.0. The molecule has 2 N–H and O–H groups in total. The molecule has 0 aliphatic carbocycles. The molecule has 0 unspecified atom stereocenters. The summed E-state index contributed by atoms with van der Waals surface area (Å²) in [6.07, 6.45) is 3.22. The van der Waals surface area contributed by atoms with Gasteiger partial charge >= 0.3 is 0 Å². The molecule has 0 bridgehead atoms. The Bertz CT molecular complexity index is 477. The first kappa shape index (κ1) is 11.1. The van der Waals surface area contributed by atoms with E-state index in [9.17, 15) is 0 Å². The molecule has 1 aromatic heterocycles. The minimum Gasteiger partial charge on any atom is -0.330 e. The maximum Gasteiger partial charge on any atom is 0.0485 e. The number of rotatable bonds is 4. The van der Waals surface area contributed by atoms with Crippen molar-refractivity contribution in [3.63, 3.8) is 0 Å². The minimum atomic E-state index is 0.768. The fourth-order valence-electron chi connectivity index (χ4n) is 2.04. The molecule has 0 saturated heterocycles. The fourth-order valence-corrected chi connectivity index (χ4v) is 2.04. The monoisotopic (exact) mass is 214 g/mol. The lowest BCUT2D eigenvalue weighted by Gasteiger charge is -2.07. The van der Waals surface area contributed by atoms with Crippen LogP contribution in [0.1, 0.15) is 24.2 Å². The molecule has 1 aromatic carbocycles. The molecular formula is C14H18N2. The van der Waals surface area contributed by atoms with E-state index >= 15 is 0 Å². The molecular weight excluding hydrogens is 196 g/mol. The molecule has 2 aromatic rings. The molecule has 2 heteroatoms. The van der Waals surface area contributed by atoms with Crippen LogP contribution in [0.3, 0.4) is 0 Å². The van der Waals surface area contributed by atoms with E-state index in [1.807, 2.05) is 0 Å². The normalized spacial score (nSPS) is 10.9. The van der Waals surface area contributed by atoms with E-state index in [4.69, 9.17) is 5.73 Å².